The van der Waals surface area contributed by atoms with E-state index in [0.717, 1.165) is 11.3 Å². The van der Waals surface area contributed by atoms with E-state index in [0.29, 0.717) is 23.2 Å². The number of hydrogen-bond acceptors (Lipinski definition) is 5. The normalized spacial score (nSPS) is 19.0. The number of carbonyl (C=O) groups is 1. The molecule has 1 atom stereocenters. The molecule has 1 amide bonds. The van der Waals surface area contributed by atoms with Gasteiger partial charge < -0.3 is 10.1 Å². The molecule has 2 aromatic carbocycles. The summed E-state index contributed by atoms with van der Waals surface area (Å²) in [5, 5.41) is 3.62. The highest BCUT2D eigenvalue weighted by atomic mass is 32.2. The number of benzene rings is 2. The van der Waals surface area contributed by atoms with Crippen molar-refractivity contribution in [2.24, 2.45) is 0 Å². The Balaban J connectivity index is 1.47. The number of nitrogens with zero attached hydrogens (tertiary/aromatic N) is 1. The maximum absolute atomic E-state index is 13.4. The summed E-state index contributed by atoms with van der Waals surface area (Å²) < 4.78 is 33.9. The Labute approximate surface area is 188 Å². The van der Waals surface area contributed by atoms with Crippen LogP contribution in [0, 0.1) is 6.92 Å². The van der Waals surface area contributed by atoms with E-state index < -0.39 is 16.1 Å². The van der Waals surface area contributed by atoms with E-state index in [2.05, 4.69) is 5.32 Å². The van der Waals surface area contributed by atoms with Crippen LogP contribution < -0.4 is 14.4 Å². The number of amides is 1. The molecule has 4 rings (SSSR count). The van der Waals surface area contributed by atoms with Gasteiger partial charge in [-0.05, 0) is 44.0 Å². The lowest BCUT2D eigenvalue weighted by molar-refractivity contribution is -0.127. The van der Waals surface area contributed by atoms with Gasteiger partial charge in [0.05, 0.1) is 17.1 Å². The van der Waals surface area contributed by atoms with E-state index in [4.69, 9.17) is 4.74 Å². The first-order valence-electron chi connectivity index (χ1n) is 10.7. The summed E-state index contributed by atoms with van der Waals surface area (Å²) in [6.45, 7) is 2.40. The molecule has 1 N–H and O–H groups in total. The lowest BCUT2D eigenvalue weighted by atomic mass is 10.2. The van der Waals surface area contributed by atoms with Crippen LogP contribution in [0.25, 0.3) is 0 Å². The number of anilines is 1. The molecule has 0 unspecified atom stereocenters. The Morgan fingerprint density at radius 2 is 1.84 bits per heavy atom. The predicted molar refractivity (Wildman–Crippen MR) is 124 cm³/mol. The predicted octanol–water partition coefficient (Wildman–Crippen LogP) is 3.74. The first-order chi connectivity index (χ1) is 14.9. The van der Waals surface area contributed by atoms with Crippen LogP contribution in [0.15, 0.2) is 53.4 Å². The molecule has 0 spiro atoms. The molecule has 6 nitrogen and oxygen atoms in total. The Kier molecular flexibility index (Phi) is 6.77. The second kappa shape index (κ2) is 9.53. The van der Waals surface area contributed by atoms with Crippen molar-refractivity contribution in [3.63, 3.8) is 0 Å². The van der Waals surface area contributed by atoms with Crippen molar-refractivity contribution in [2.45, 2.75) is 48.9 Å². The molecule has 0 aromatic heterocycles. The van der Waals surface area contributed by atoms with Crippen molar-refractivity contribution in [1.82, 2.24) is 5.32 Å². The number of rotatable bonds is 7. The van der Waals surface area contributed by atoms with Crippen LogP contribution >= 0.6 is 11.8 Å². The van der Waals surface area contributed by atoms with E-state index in [1.165, 1.54) is 30.0 Å². The number of thioether (sulfide) groups is 1. The van der Waals surface area contributed by atoms with E-state index in [-0.39, 0.29) is 17.3 Å². The van der Waals surface area contributed by atoms with Gasteiger partial charge >= 0.3 is 0 Å². The molecule has 1 heterocycles. The summed E-state index contributed by atoms with van der Waals surface area (Å²) in [6.07, 6.45) is 4.21. The SMILES string of the molecule is Cc1ccc(S(=O)(=O)N2C[C@H](C(=O)NCCSC3CCCC3)Oc3ccccc32)cc1. The number of para-hydroxylation sites is 2. The van der Waals surface area contributed by atoms with E-state index in [1.54, 1.807) is 48.5 Å². The minimum Gasteiger partial charge on any atom is -0.476 e. The van der Waals surface area contributed by atoms with Gasteiger partial charge in [-0.15, -0.1) is 0 Å². The third-order valence-corrected chi connectivity index (χ3v) is 8.87. The van der Waals surface area contributed by atoms with Gasteiger partial charge in [-0.2, -0.15) is 11.8 Å². The molecule has 0 radical (unpaired) electrons. The van der Waals surface area contributed by atoms with Gasteiger partial charge in [0.1, 0.15) is 5.75 Å². The average molecular weight is 461 g/mol. The quantitative estimate of drug-likeness (QED) is 0.637. The zero-order valence-electron chi connectivity index (χ0n) is 17.6. The molecule has 2 aliphatic rings. The van der Waals surface area contributed by atoms with Gasteiger partial charge in [0.25, 0.3) is 15.9 Å². The molecule has 0 bridgehead atoms. The zero-order valence-corrected chi connectivity index (χ0v) is 19.3. The fourth-order valence-electron chi connectivity index (χ4n) is 3.97. The number of carbonyl (C=O) groups excluding carboxylic acids is 1. The van der Waals surface area contributed by atoms with Crippen molar-refractivity contribution in [3.05, 3.63) is 54.1 Å². The number of fused-ring (bicyclic) bond motifs is 1. The van der Waals surface area contributed by atoms with Crippen molar-refractivity contribution in [3.8, 4) is 5.75 Å². The van der Waals surface area contributed by atoms with Crippen LogP contribution in [0.4, 0.5) is 5.69 Å². The number of aryl methyl sites for hydroxylation is 1. The maximum atomic E-state index is 13.4. The van der Waals surface area contributed by atoms with Crippen LogP contribution in [0.5, 0.6) is 5.75 Å². The molecule has 0 saturated heterocycles. The minimum atomic E-state index is -3.83. The number of hydrogen-bond donors (Lipinski definition) is 1. The highest BCUT2D eigenvalue weighted by Gasteiger charge is 2.37. The molecule has 8 heteroatoms. The molecule has 31 heavy (non-hydrogen) atoms. The Bertz CT molecular complexity index is 1020. The minimum absolute atomic E-state index is 0.0607. The topological polar surface area (TPSA) is 75.7 Å². The van der Waals surface area contributed by atoms with Crippen LogP contribution in [0.3, 0.4) is 0 Å². The van der Waals surface area contributed by atoms with Gasteiger partial charge in [-0.3, -0.25) is 9.10 Å². The van der Waals surface area contributed by atoms with Crippen LogP contribution in [0.2, 0.25) is 0 Å². The van der Waals surface area contributed by atoms with E-state index >= 15 is 0 Å². The second-order valence-corrected chi connectivity index (χ2v) is 11.3. The lowest BCUT2D eigenvalue weighted by Gasteiger charge is -2.34. The van der Waals surface area contributed by atoms with Crippen LogP contribution in [0.1, 0.15) is 31.2 Å². The molecule has 1 fully saturated rings. The first kappa shape index (κ1) is 22.0. The van der Waals surface area contributed by atoms with Crippen molar-refractivity contribution >= 4 is 33.4 Å². The number of ether oxygens (including phenoxy) is 1. The molecular weight excluding hydrogens is 432 g/mol. The third-order valence-electron chi connectivity index (χ3n) is 5.69. The summed E-state index contributed by atoms with van der Waals surface area (Å²) in [4.78, 5) is 13.0. The molecule has 166 valence electrons. The Morgan fingerprint density at radius 1 is 1.13 bits per heavy atom. The van der Waals surface area contributed by atoms with Crippen LogP contribution in [-0.4, -0.2) is 44.5 Å². The number of sulfonamides is 1. The van der Waals surface area contributed by atoms with E-state index in [9.17, 15) is 13.2 Å². The Morgan fingerprint density at radius 3 is 2.58 bits per heavy atom. The third kappa shape index (κ3) is 5.01. The second-order valence-electron chi connectivity index (χ2n) is 7.99. The van der Waals surface area contributed by atoms with Crippen molar-refractivity contribution in [1.29, 1.82) is 0 Å². The largest absolute Gasteiger partial charge is 0.476 e. The monoisotopic (exact) mass is 460 g/mol. The summed E-state index contributed by atoms with van der Waals surface area (Å²) in [5.41, 5.74) is 1.43. The first-order valence-corrected chi connectivity index (χ1v) is 13.2. The highest BCUT2D eigenvalue weighted by Crippen LogP contribution is 2.37. The fraction of sp³-hybridized carbons (Fsp3) is 0.435. The van der Waals surface area contributed by atoms with Gasteiger partial charge in [0.2, 0.25) is 0 Å². The summed E-state index contributed by atoms with van der Waals surface area (Å²) >= 11 is 1.90. The number of nitrogens with one attached hydrogen (secondary N) is 1. The summed E-state index contributed by atoms with van der Waals surface area (Å²) in [5.74, 6) is 0.959. The maximum Gasteiger partial charge on any atom is 0.264 e. The van der Waals surface area contributed by atoms with Gasteiger partial charge in [-0.25, -0.2) is 8.42 Å². The van der Waals surface area contributed by atoms with Crippen molar-refractivity contribution in [2.75, 3.05) is 23.1 Å². The lowest BCUT2D eigenvalue weighted by Crippen LogP contribution is -2.51. The fourth-order valence-corrected chi connectivity index (χ4v) is 6.67. The average Bonchev–Trinajstić information content (AvgIpc) is 3.29. The van der Waals surface area contributed by atoms with Gasteiger partial charge in [-0.1, -0.05) is 42.7 Å². The standard InChI is InChI=1S/C23H28N2O4S2/c1-17-10-12-19(13-11-17)31(27,28)25-16-22(29-21-9-5-4-8-20(21)25)23(26)24-14-15-30-18-6-2-3-7-18/h4-5,8-13,18,22H,2-3,6-7,14-16H2,1H3,(H,24,26)/t22-/m1/s1. The summed E-state index contributed by atoms with van der Waals surface area (Å²) in [6, 6.07) is 13.7. The highest BCUT2D eigenvalue weighted by molar-refractivity contribution is 7.99. The zero-order chi connectivity index (χ0) is 21.8. The Hall–Kier alpha value is -2.19. The molecule has 2 aromatic rings. The summed E-state index contributed by atoms with van der Waals surface area (Å²) in [7, 11) is -3.83. The van der Waals surface area contributed by atoms with Gasteiger partial charge in [0.15, 0.2) is 6.10 Å². The van der Waals surface area contributed by atoms with E-state index in [1.807, 2.05) is 18.7 Å². The smallest absolute Gasteiger partial charge is 0.264 e. The molecule has 1 saturated carbocycles. The van der Waals surface area contributed by atoms with Crippen molar-refractivity contribution < 1.29 is 17.9 Å². The molecule has 1 aliphatic carbocycles. The van der Waals surface area contributed by atoms with Crippen LogP contribution in [-0.2, 0) is 14.8 Å². The molecule has 1 aliphatic heterocycles. The molecular formula is C23H28N2O4S2. The van der Waals surface area contributed by atoms with Gasteiger partial charge in [0, 0.05) is 17.5 Å².